The van der Waals surface area contributed by atoms with Crippen LogP contribution in [0.2, 0.25) is 0 Å². The predicted octanol–water partition coefficient (Wildman–Crippen LogP) is 4.05. The van der Waals surface area contributed by atoms with Crippen LogP contribution >= 0.6 is 0 Å². The van der Waals surface area contributed by atoms with Crippen molar-refractivity contribution >= 4 is 22.7 Å². The number of nitrogens with one attached hydrogen (secondary N) is 2. The molecule has 4 heteroatoms. The second-order valence-electron chi connectivity index (χ2n) is 5.96. The number of hydrogen-bond acceptors (Lipinski definition) is 4. The van der Waals surface area contributed by atoms with Gasteiger partial charge in [0.2, 0.25) is 5.95 Å². The molecule has 2 atom stereocenters. The number of aromatic nitrogens is 2. The molecule has 21 heavy (non-hydrogen) atoms. The largest absolute Gasteiger partial charge is 0.366 e. The quantitative estimate of drug-likeness (QED) is 0.889. The number of para-hydroxylation sites is 1. The van der Waals surface area contributed by atoms with Gasteiger partial charge in [-0.1, -0.05) is 31.9 Å². The third kappa shape index (κ3) is 3.09. The topological polar surface area (TPSA) is 49.8 Å². The summed E-state index contributed by atoms with van der Waals surface area (Å²) in [7, 11) is 0. The van der Waals surface area contributed by atoms with E-state index >= 15 is 0 Å². The summed E-state index contributed by atoms with van der Waals surface area (Å²) in [5.74, 6) is 2.38. The number of hydrogen-bond donors (Lipinski definition) is 2. The molecule has 1 saturated carbocycles. The highest BCUT2D eigenvalue weighted by Gasteiger charge is 2.22. The van der Waals surface area contributed by atoms with Crippen molar-refractivity contribution in [1.82, 2.24) is 9.97 Å². The number of anilines is 2. The molecule has 0 radical (unpaired) electrons. The van der Waals surface area contributed by atoms with Crippen molar-refractivity contribution in [3.05, 3.63) is 24.3 Å². The molecule has 2 unspecified atom stereocenters. The van der Waals surface area contributed by atoms with Crippen molar-refractivity contribution in [2.45, 2.75) is 45.6 Å². The van der Waals surface area contributed by atoms with Crippen LogP contribution in [0.3, 0.4) is 0 Å². The maximum Gasteiger partial charge on any atom is 0.225 e. The van der Waals surface area contributed by atoms with Crippen LogP contribution in [0.5, 0.6) is 0 Å². The molecular weight excluding hydrogens is 260 g/mol. The lowest BCUT2D eigenvalue weighted by Crippen LogP contribution is -2.30. The fourth-order valence-electron chi connectivity index (χ4n) is 3.13. The van der Waals surface area contributed by atoms with Gasteiger partial charge in [-0.3, -0.25) is 0 Å². The maximum absolute atomic E-state index is 4.69. The minimum atomic E-state index is 0.520. The van der Waals surface area contributed by atoms with Crippen molar-refractivity contribution in [1.29, 1.82) is 0 Å². The molecule has 112 valence electrons. The van der Waals surface area contributed by atoms with Crippen LogP contribution in [0.1, 0.15) is 39.5 Å². The Morgan fingerprint density at radius 3 is 2.76 bits per heavy atom. The lowest BCUT2D eigenvalue weighted by atomic mass is 9.86. The average molecular weight is 284 g/mol. The third-order valence-electron chi connectivity index (χ3n) is 4.37. The SMILES string of the molecule is CCNc1nc(NC2CCCCC2C)c2ccccc2n1. The first-order valence-electron chi connectivity index (χ1n) is 8.05. The van der Waals surface area contributed by atoms with Gasteiger partial charge in [-0.2, -0.15) is 4.98 Å². The Kier molecular flexibility index (Phi) is 4.23. The second kappa shape index (κ2) is 6.29. The zero-order valence-electron chi connectivity index (χ0n) is 12.9. The van der Waals surface area contributed by atoms with Gasteiger partial charge in [0.15, 0.2) is 0 Å². The van der Waals surface area contributed by atoms with Crippen LogP contribution in [-0.4, -0.2) is 22.6 Å². The van der Waals surface area contributed by atoms with Crippen LogP contribution in [0.25, 0.3) is 10.9 Å². The lowest BCUT2D eigenvalue weighted by molar-refractivity contribution is 0.349. The first-order chi connectivity index (χ1) is 10.3. The Labute approximate surface area is 126 Å². The zero-order chi connectivity index (χ0) is 14.7. The molecule has 3 rings (SSSR count). The molecule has 1 aromatic carbocycles. The normalized spacial score (nSPS) is 22.2. The summed E-state index contributed by atoms with van der Waals surface area (Å²) in [6, 6.07) is 8.74. The van der Waals surface area contributed by atoms with E-state index in [1.165, 1.54) is 25.7 Å². The number of benzene rings is 1. The minimum Gasteiger partial charge on any atom is -0.366 e. The van der Waals surface area contributed by atoms with E-state index < -0.39 is 0 Å². The molecule has 1 fully saturated rings. The number of rotatable bonds is 4. The summed E-state index contributed by atoms with van der Waals surface area (Å²) in [6.45, 7) is 5.23. The van der Waals surface area contributed by atoms with E-state index in [9.17, 15) is 0 Å². The number of nitrogens with zero attached hydrogens (tertiary/aromatic N) is 2. The van der Waals surface area contributed by atoms with E-state index in [2.05, 4.69) is 40.5 Å². The molecule has 0 saturated heterocycles. The summed E-state index contributed by atoms with van der Waals surface area (Å²) in [5.41, 5.74) is 0.995. The molecule has 0 bridgehead atoms. The van der Waals surface area contributed by atoms with Crippen molar-refractivity contribution in [3.8, 4) is 0 Å². The maximum atomic E-state index is 4.69. The van der Waals surface area contributed by atoms with Crippen LogP contribution in [0.4, 0.5) is 11.8 Å². The fourth-order valence-corrected chi connectivity index (χ4v) is 3.13. The van der Waals surface area contributed by atoms with Gasteiger partial charge in [0, 0.05) is 18.0 Å². The average Bonchev–Trinajstić information content (AvgIpc) is 2.50. The van der Waals surface area contributed by atoms with Crippen LogP contribution in [-0.2, 0) is 0 Å². The monoisotopic (exact) mass is 284 g/mol. The van der Waals surface area contributed by atoms with E-state index in [4.69, 9.17) is 0 Å². The van der Waals surface area contributed by atoms with Gasteiger partial charge in [-0.25, -0.2) is 4.98 Å². The Morgan fingerprint density at radius 1 is 1.14 bits per heavy atom. The fraction of sp³-hybridized carbons (Fsp3) is 0.529. The summed E-state index contributed by atoms with van der Waals surface area (Å²) < 4.78 is 0. The third-order valence-corrected chi connectivity index (χ3v) is 4.37. The van der Waals surface area contributed by atoms with Crippen molar-refractivity contribution in [3.63, 3.8) is 0 Å². The molecule has 2 N–H and O–H groups in total. The van der Waals surface area contributed by atoms with Gasteiger partial charge in [-0.15, -0.1) is 0 Å². The lowest BCUT2D eigenvalue weighted by Gasteiger charge is -2.30. The van der Waals surface area contributed by atoms with Crippen molar-refractivity contribution < 1.29 is 0 Å². The highest BCUT2D eigenvalue weighted by molar-refractivity contribution is 5.90. The second-order valence-corrected chi connectivity index (χ2v) is 5.96. The highest BCUT2D eigenvalue weighted by atomic mass is 15.1. The van der Waals surface area contributed by atoms with E-state index in [0.717, 1.165) is 23.3 Å². The molecule has 2 aromatic rings. The van der Waals surface area contributed by atoms with E-state index in [-0.39, 0.29) is 0 Å². The Morgan fingerprint density at radius 2 is 1.95 bits per heavy atom. The standard InChI is InChI=1S/C17H24N4/c1-3-18-17-20-15-11-7-5-9-13(15)16(21-17)19-14-10-6-4-8-12(14)2/h5,7,9,11-12,14H,3-4,6,8,10H2,1-2H3,(H2,18,19,20,21). The van der Waals surface area contributed by atoms with Gasteiger partial charge in [0.05, 0.1) is 5.52 Å². The van der Waals surface area contributed by atoms with Gasteiger partial charge in [-0.05, 0) is 37.8 Å². The molecule has 1 aliphatic carbocycles. The first kappa shape index (κ1) is 14.1. The van der Waals surface area contributed by atoms with Gasteiger partial charge in [0.1, 0.15) is 5.82 Å². The molecule has 1 aliphatic rings. The van der Waals surface area contributed by atoms with E-state index in [1.807, 2.05) is 18.2 Å². The number of fused-ring (bicyclic) bond motifs is 1. The van der Waals surface area contributed by atoms with Crippen LogP contribution in [0.15, 0.2) is 24.3 Å². The highest BCUT2D eigenvalue weighted by Crippen LogP contribution is 2.29. The van der Waals surface area contributed by atoms with Crippen molar-refractivity contribution in [2.75, 3.05) is 17.2 Å². The Balaban J connectivity index is 1.95. The molecule has 0 aliphatic heterocycles. The predicted molar refractivity (Wildman–Crippen MR) is 88.7 cm³/mol. The first-order valence-corrected chi connectivity index (χ1v) is 8.05. The molecule has 1 heterocycles. The molecule has 1 aromatic heterocycles. The van der Waals surface area contributed by atoms with Crippen LogP contribution < -0.4 is 10.6 Å². The smallest absolute Gasteiger partial charge is 0.225 e. The molecule has 0 spiro atoms. The Bertz CT molecular complexity index is 611. The van der Waals surface area contributed by atoms with Gasteiger partial charge < -0.3 is 10.6 Å². The molecular formula is C17H24N4. The Hall–Kier alpha value is -1.84. The van der Waals surface area contributed by atoms with Crippen LogP contribution in [0, 0.1) is 5.92 Å². The molecule has 4 nitrogen and oxygen atoms in total. The summed E-state index contributed by atoms with van der Waals surface area (Å²) in [5, 5.41) is 8.02. The molecule has 0 amide bonds. The van der Waals surface area contributed by atoms with Gasteiger partial charge in [0.25, 0.3) is 0 Å². The van der Waals surface area contributed by atoms with Gasteiger partial charge >= 0.3 is 0 Å². The van der Waals surface area contributed by atoms with E-state index in [1.54, 1.807) is 0 Å². The summed E-state index contributed by atoms with van der Waals surface area (Å²) in [6.07, 6.45) is 5.20. The summed E-state index contributed by atoms with van der Waals surface area (Å²) in [4.78, 5) is 9.26. The summed E-state index contributed by atoms with van der Waals surface area (Å²) >= 11 is 0. The zero-order valence-corrected chi connectivity index (χ0v) is 12.9. The van der Waals surface area contributed by atoms with Crippen molar-refractivity contribution in [2.24, 2.45) is 5.92 Å². The van der Waals surface area contributed by atoms with E-state index in [0.29, 0.717) is 17.9 Å². The minimum absolute atomic E-state index is 0.520.